The van der Waals surface area contributed by atoms with Crippen LogP contribution in [0.3, 0.4) is 0 Å². The van der Waals surface area contributed by atoms with Crippen LogP contribution in [0.4, 0.5) is 0 Å². The van der Waals surface area contributed by atoms with Gasteiger partial charge < -0.3 is 0 Å². The Hall–Kier alpha value is 1.09. The second kappa shape index (κ2) is 7.72. The molecule has 0 heterocycles. The van der Waals surface area contributed by atoms with Gasteiger partial charge in [-0.05, 0) is 18.4 Å². The molecule has 0 radical (unpaired) electrons. The molecule has 1 aliphatic carbocycles. The van der Waals surface area contributed by atoms with Gasteiger partial charge in [0, 0.05) is 0 Å². The fraction of sp³-hybridized carbons (Fsp3) is 1.00. The van der Waals surface area contributed by atoms with Gasteiger partial charge in [-0.3, -0.25) is 0 Å². The van der Waals surface area contributed by atoms with Gasteiger partial charge in [-0.1, -0.05) is 28.7 Å². The largest absolute Gasteiger partial charge is 0.344 e. The molecular formula is C7H19Cl3Si. The number of halogens is 3. The van der Waals surface area contributed by atoms with E-state index in [9.17, 15) is 0 Å². The molecule has 1 saturated carbocycles. The maximum absolute atomic E-state index is 5.60. The van der Waals surface area contributed by atoms with E-state index in [2.05, 4.69) is 0 Å². The first-order valence-corrected chi connectivity index (χ1v) is 8.29. The summed E-state index contributed by atoms with van der Waals surface area (Å²) in [7, 11) is 0. The van der Waals surface area contributed by atoms with E-state index >= 15 is 0 Å². The van der Waals surface area contributed by atoms with Gasteiger partial charge in [0.05, 0.1) is 0 Å². The van der Waals surface area contributed by atoms with Crippen molar-refractivity contribution in [3.05, 3.63) is 0 Å². The highest BCUT2D eigenvalue weighted by molar-refractivity contribution is 7.65. The van der Waals surface area contributed by atoms with Crippen LogP contribution >= 0.6 is 33.2 Å². The van der Waals surface area contributed by atoms with E-state index in [0.717, 1.165) is 12.8 Å². The van der Waals surface area contributed by atoms with Crippen LogP contribution in [0, 0.1) is 0 Å². The van der Waals surface area contributed by atoms with Crippen molar-refractivity contribution in [3.8, 4) is 0 Å². The van der Waals surface area contributed by atoms with E-state index in [1.54, 1.807) is 0 Å². The van der Waals surface area contributed by atoms with E-state index in [-0.39, 0.29) is 14.9 Å². The Morgan fingerprint density at radius 2 is 1.27 bits per heavy atom. The van der Waals surface area contributed by atoms with Crippen LogP contribution < -0.4 is 0 Å². The zero-order valence-electron chi connectivity index (χ0n) is 5.63. The maximum atomic E-state index is 5.60. The lowest BCUT2D eigenvalue weighted by atomic mass is 11.0. The van der Waals surface area contributed by atoms with Crippen molar-refractivity contribution < 1.29 is 0 Å². The van der Waals surface area contributed by atoms with Crippen molar-refractivity contribution in [1.82, 2.24) is 0 Å². The van der Waals surface area contributed by atoms with Crippen molar-refractivity contribution in [3.63, 3.8) is 0 Å². The third kappa shape index (κ3) is 9.00. The molecule has 0 atom stereocenters. The summed E-state index contributed by atoms with van der Waals surface area (Å²) < 4.78 is 0. The van der Waals surface area contributed by atoms with Crippen molar-refractivity contribution in [2.24, 2.45) is 0 Å². The second-order valence-electron chi connectivity index (χ2n) is 1.82. The molecule has 4 heteroatoms. The molecule has 0 spiro atoms. The van der Waals surface area contributed by atoms with Crippen molar-refractivity contribution >= 4 is 39.2 Å². The lowest BCUT2D eigenvalue weighted by Gasteiger charge is -2.01. The van der Waals surface area contributed by atoms with Gasteiger partial charge in [0.2, 0.25) is 0 Å². The van der Waals surface area contributed by atoms with Gasteiger partial charge in [0.1, 0.15) is 0 Å². The van der Waals surface area contributed by atoms with Gasteiger partial charge in [0.15, 0.2) is 0 Å². The Morgan fingerprint density at radius 3 is 1.27 bits per heavy atom. The summed E-state index contributed by atoms with van der Waals surface area (Å²) in [6.07, 6.45) is 2.28. The summed E-state index contributed by atoms with van der Waals surface area (Å²) in [5.74, 6) is 0. The van der Waals surface area contributed by atoms with Crippen LogP contribution in [0.15, 0.2) is 0 Å². The van der Waals surface area contributed by atoms with Gasteiger partial charge in [-0.15, -0.1) is 33.2 Å². The first-order valence-electron chi connectivity index (χ1n) is 3.17. The molecule has 0 bridgehead atoms. The number of hydrogen-bond acceptors (Lipinski definition) is 0. The van der Waals surface area contributed by atoms with Gasteiger partial charge in [-0.25, -0.2) is 0 Å². The molecule has 0 N–H and O–H groups in total. The summed E-state index contributed by atoms with van der Waals surface area (Å²) in [6, 6.07) is -2.21. The molecule has 0 aromatic rings. The predicted octanol–water partition coefficient (Wildman–Crippen LogP) is 5.10. The second-order valence-corrected chi connectivity index (χ2v) is 10.8. The van der Waals surface area contributed by atoms with E-state index in [4.69, 9.17) is 33.2 Å². The molecule has 1 aliphatic rings. The Morgan fingerprint density at radius 1 is 1.00 bits per heavy atom. The van der Waals surface area contributed by atoms with Crippen LogP contribution in [0.5, 0.6) is 0 Å². The van der Waals surface area contributed by atoms with Crippen LogP contribution in [-0.4, -0.2) is 6.00 Å². The van der Waals surface area contributed by atoms with E-state index in [1.807, 2.05) is 13.8 Å². The fourth-order valence-corrected chi connectivity index (χ4v) is 3.20. The monoisotopic (exact) mass is 236 g/mol. The first kappa shape index (κ1) is 18.0. The number of hydrogen-bond donors (Lipinski definition) is 0. The van der Waals surface area contributed by atoms with Crippen molar-refractivity contribution in [2.75, 3.05) is 0 Å². The van der Waals surface area contributed by atoms with Gasteiger partial charge in [-0.2, -0.15) is 0 Å². The highest BCUT2D eigenvalue weighted by Crippen LogP contribution is 2.51. The molecule has 0 unspecified atom stereocenters. The highest BCUT2D eigenvalue weighted by Gasteiger charge is 2.44. The molecule has 0 aromatic heterocycles. The normalized spacial score (nSPS) is 15.0. The molecule has 1 rings (SSSR count). The average molecular weight is 238 g/mol. The van der Waals surface area contributed by atoms with Gasteiger partial charge >= 0.3 is 6.00 Å². The predicted molar refractivity (Wildman–Crippen MR) is 61.1 cm³/mol. The SMILES string of the molecule is C.C.CC.Cl[Si](Cl)(Cl)C1CC1. The molecule has 1 fully saturated rings. The minimum atomic E-state index is -2.21. The molecule has 0 aliphatic heterocycles. The third-order valence-electron chi connectivity index (χ3n) is 1.04. The van der Waals surface area contributed by atoms with Crippen LogP contribution in [0.25, 0.3) is 0 Å². The van der Waals surface area contributed by atoms with E-state index in [1.165, 1.54) is 0 Å². The molecule has 0 amide bonds. The standard InChI is InChI=1S/C3H5Cl3Si.C2H6.2CH4/c4-7(5,6)3-1-2-3;1-2;;/h3H,1-2H2;1-2H3;2*1H4. The highest BCUT2D eigenvalue weighted by atomic mass is 35.8. The third-order valence-corrected chi connectivity index (χ3v) is 5.32. The Kier molecular flexibility index (Phi) is 12.6. The van der Waals surface area contributed by atoms with E-state index < -0.39 is 6.00 Å². The minimum absolute atomic E-state index is 0. The Balaban J connectivity index is -0.000000149. The Labute approximate surface area is 86.3 Å². The lowest BCUT2D eigenvalue weighted by Crippen LogP contribution is -2.07. The molecule has 0 nitrogen and oxygen atoms in total. The van der Waals surface area contributed by atoms with E-state index in [0.29, 0.717) is 5.54 Å². The Bertz CT molecular complexity index is 76.2. The minimum Gasteiger partial charge on any atom is -0.126 e. The smallest absolute Gasteiger partial charge is 0.126 e. The van der Waals surface area contributed by atoms with Crippen LogP contribution in [-0.2, 0) is 0 Å². The van der Waals surface area contributed by atoms with Gasteiger partial charge in [0.25, 0.3) is 0 Å². The molecule has 72 valence electrons. The summed E-state index contributed by atoms with van der Waals surface area (Å²) >= 11 is 16.8. The van der Waals surface area contributed by atoms with Crippen LogP contribution in [0.2, 0.25) is 5.54 Å². The summed E-state index contributed by atoms with van der Waals surface area (Å²) in [6.45, 7) is 4.00. The van der Waals surface area contributed by atoms with Crippen molar-refractivity contribution in [2.45, 2.75) is 47.1 Å². The summed E-state index contributed by atoms with van der Waals surface area (Å²) in [5, 5.41) is 0. The zero-order chi connectivity index (χ0) is 7.49. The summed E-state index contributed by atoms with van der Waals surface area (Å²) in [4.78, 5) is 0. The molecule has 0 aromatic carbocycles. The van der Waals surface area contributed by atoms with Crippen molar-refractivity contribution in [1.29, 1.82) is 0 Å². The fourth-order valence-electron chi connectivity index (χ4n) is 0.411. The van der Waals surface area contributed by atoms with Crippen LogP contribution in [0.1, 0.15) is 41.5 Å². The average Bonchev–Trinajstić information content (AvgIpc) is 2.47. The topological polar surface area (TPSA) is 0 Å². The lowest BCUT2D eigenvalue weighted by molar-refractivity contribution is 1.45. The molecular weight excluding hydrogens is 219 g/mol. The molecule has 0 saturated heterocycles. The molecule has 11 heavy (non-hydrogen) atoms. The first-order chi connectivity index (χ1) is 4.11. The maximum Gasteiger partial charge on any atom is 0.344 e. The number of rotatable bonds is 1. The zero-order valence-corrected chi connectivity index (χ0v) is 8.89. The summed E-state index contributed by atoms with van der Waals surface area (Å²) in [5.41, 5.74) is 0.484. The quantitative estimate of drug-likeness (QED) is 0.439.